The van der Waals surface area contributed by atoms with Crippen LogP contribution in [0.5, 0.6) is 11.5 Å². The van der Waals surface area contributed by atoms with Crippen LogP contribution in [0.3, 0.4) is 0 Å². The Morgan fingerprint density at radius 2 is 1.84 bits per heavy atom. The molecule has 0 radical (unpaired) electrons. The van der Waals surface area contributed by atoms with Crippen LogP contribution in [-0.2, 0) is 4.79 Å². The van der Waals surface area contributed by atoms with Gasteiger partial charge in [0.1, 0.15) is 29.6 Å². The third kappa shape index (κ3) is 4.87. The summed E-state index contributed by atoms with van der Waals surface area (Å²) in [4.78, 5) is 32.3. The molecule has 2 heterocycles. The molecule has 0 bridgehead atoms. The number of nitrogens with zero attached hydrogens (tertiary/aromatic N) is 2. The highest BCUT2D eigenvalue weighted by molar-refractivity contribution is 7.17. The van der Waals surface area contributed by atoms with Crippen LogP contribution in [0.2, 0.25) is 5.02 Å². The highest BCUT2D eigenvalue weighted by atomic mass is 35.5. The van der Waals surface area contributed by atoms with Crippen LogP contribution in [0.15, 0.2) is 42.5 Å². The molecule has 2 aromatic carbocycles. The topological polar surface area (TPSA) is 80.8 Å². The largest absolute Gasteiger partial charge is 0.486 e. The van der Waals surface area contributed by atoms with Crippen molar-refractivity contribution in [1.29, 1.82) is 0 Å². The Morgan fingerprint density at radius 1 is 1.12 bits per heavy atom. The number of halogens is 1. The number of anilines is 1. The quantitative estimate of drug-likeness (QED) is 0.566. The molecule has 0 fully saturated rings. The molecule has 32 heavy (non-hydrogen) atoms. The van der Waals surface area contributed by atoms with Gasteiger partial charge in [-0.1, -0.05) is 23.7 Å². The minimum atomic E-state index is -0.294. The van der Waals surface area contributed by atoms with E-state index in [0.29, 0.717) is 52.5 Å². The molecule has 0 spiro atoms. The lowest BCUT2D eigenvalue weighted by molar-refractivity contribution is -0.116. The summed E-state index contributed by atoms with van der Waals surface area (Å²) >= 11 is 7.27. The summed E-state index contributed by atoms with van der Waals surface area (Å²) in [6, 6.07) is 12.5. The summed E-state index contributed by atoms with van der Waals surface area (Å²) < 4.78 is 11.0. The number of carbonyl (C=O) groups is 2. The molecular formula is C23H22ClN3O4S. The highest BCUT2D eigenvalue weighted by Crippen LogP contribution is 2.33. The van der Waals surface area contributed by atoms with Crippen molar-refractivity contribution in [3.63, 3.8) is 0 Å². The molecule has 2 amide bonds. The first-order chi connectivity index (χ1) is 15.4. The van der Waals surface area contributed by atoms with Gasteiger partial charge in [0.05, 0.1) is 5.69 Å². The summed E-state index contributed by atoms with van der Waals surface area (Å²) in [7, 11) is 0. The fourth-order valence-electron chi connectivity index (χ4n) is 3.28. The number of nitrogens with one attached hydrogen (secondary N) is 1. The van der Waals surface area contributed by atoms with Crippen LogP contribution in [0.4, 0.5) is 5.69 Å². The fourth-order valence-corrected chi connectivity index (χ4v) is 4.44. The number of hydrogen-bond donors (Lipinski definition) is 1. The summed E-state index contributed by atoms with van der Waals surface area (Å²) in [5.41, 5.74) is 2.11. The molecule has 1 aliphatic rings. The first-order valence-electron chi connectivity index (χ1n) is 10.2. The van der Waals surface area contributed by atoms with Crippen molar-refractivity contribution in [3.05, 3.63) is 58.1 Å². The Morgan fingerprint density at radius 3 is 2.56 bits per heavy atom. The summed E-state index contributed by atoms with van der Waals surface area (Å²) in [5, 5.41) is 4.19. The van der Waals surface area contributed by atoms with E-state index in [1.807, 2.05) is 19.1 Å². The van der Waals surface area contributed by atoms with Crippen LogP contribution in [0.1, 0.15) is 22.3 Å². The van der Waals surface area contributed by atoms with E-state index in [0.717, 1.165) is 10.6 Å². The summed E-state index contributed by atoms with van der Waals surface area (Å²) in [6.07, 6.45) is 0. The molecule has 166 valence electrons. The normalized spacial score (nSPS) is 12.3. The SMILES string of the molecule is CCN(CC(=O)Nc1ccc2c(c1)OCCO2)C(=O)c1sc(-c2ccc(Cl)cc2)nc1C. The van der Waals surface area contributed by atoms with Gasteiger partial charge in [-0.3, -0.25) is 9.59 Å². The lowest BCUT2D eigenvalue weighted by atomic mass is 10.2. The van der Waals surface area contributed by atoms with Crippen LogP contribution < -0.4 is 14.8 Å². The zero-order valence-corrected chi connectivity index (χ0v) is 19.3. The predicted molar refractivity (Wildman–Crippen MR) is 125 cm³/mol. The zero-order chi connectivity index (χ0) is 22.7. The van der Waals surface area contributed by atoms with Gasteiger partial charge in [0, 0.05) is 28.9 Å². The van der Waals surface area contributed by atoms with Crippen molar-refractivity contribution in [3.8, 4) is 22.1 Å². The number of carbonyl (C=O) groups excluding carboxylic acids is 2. The van der Waals surface area contributed by atoms with Crippen LogP contribution >= 0.6 is 22.9 Å². The smallest absolute Gasteiger partial charge is 0.266 e. The Kier molecular flexibility index (Phi) is 6.62. The van der Waals surface area contributed by atoms with E-state index in [9.17, 15) is 9.59 Å². The van der Waals surface area contributed by atoms with E-state index in [4.69, 9.17) is 21.1 Å². The molecule has 1 N–H and O–H groups in total. The molecule has 0 unspecified atom stereocenters. The number of thiazole rings is 1. The lowest BCUT2D eigenvalue weighted by Crippen LogP contribution is -2.37. The van der Waals surface area contributed by atoms with Crippen LogP contribution in [0.25, 0.3) is 10.6 Å². The molecule has 1 aromatic heterocycles. The molecule has 7 nitrogen and oxygen atoms in total. The van der Waals surface area contributed by atoms with Crippen LogP contribution in [0, 0.1) is 6.92 Å². The van der Waals surface area contributed by atoms with Gasteiger partial charge in [-0.15, -0.1) is 11.3 Å². The van der Waals surface area contributed by atoms with Gasteiger partial charge in [-0.2, -0.15) is 0 Å². The minimum absolute atomic E-state index is 0.0720. The van der Waals surface area contributed by atoms with Gasteiger partial charge in [0.15, 0.2) is 11.5 Å². The van der Waals surface area contributed by atoms with E-state index in [1.165, 1.54) is 16.2 Å². The second-order valence-corrected chi connectivity index (χ2v) is 8.60. The maximum atomic E-state index is 13.1. The van der Waals surface area contributed by atoms with Crippen molar-refractivity contribution in [2.24, 2.45) is 0 Å². The van der Waals surface area contributed by atoms with Gasteiger partial charge in [0.2, 0.25) is 5.91 Å². The van der Waals surface area contributed by atoms with E-state index in [2.05, 4.69) is 10.3 Å². The van der Waals surface area contributed by atoms with Gasteiger partial charge in [0.25, 0.3) is 5.91 Å². The summed E-state index contributed by atoms with van der Waals surface area (Å²) in [6.45, 7) is 4.92. The number of likely N-dealkylation sites (N-methyl/N-ethyl adjacent to an activating group) is 1. The average Bonchev–Trinajstić information content (AvgIpc) is 3.19. The number of amides is 2. The van der Waals surface area contributed by atoms with Crippen molar-refractivity contribution < 1.29 is 19.1 Å². The van der Waals surface area contributed by atoms with E-state index < -0.39 is 0 Å². The van der Waals surface area contributed by atoms with Gasteiger partial charge in [-0.25, -0.2) is 4.98 Å². The zero-order valence-electron chi connectivity index (χ0n) is 17.7. The second-order valence-electron chi connectivity index (χ2n) is 7.17. The van der Waals surface area contributed by atoms with Gasteiger partial charge >= 0.3 is 0 Å². The maximum absolute atomic E-state index is 13.1. The Bertz CT molecular complexity index is 1150. The number of hydrogen-bond acceptors (Lipinski definition) is 6. The molecule has 9 heteroatoms. The molecule has 0 saturated heterocycles. The molecule has 0 saturated carbocycles. The number of aryl methyl sites for hydroxylation is 1. The number of ether oxygens (including phenoxy) is 2. The van der Waals surface area contributed by atoms with Crippen LogP contribution in [-0.4, -0.2) is 48.0 Å². The van der Waals surface area contributed by atoms with Crippen molar-refractivity contribution in [2.45, 2.75) is 13.8 Å². The Hall–Kier alpha value is -3.10. The molecular weight excluding hydrogens is 450 g/mol. The Labute approximate surface area is 194 Å². The third-order valence-electron chi connectivity index (χ3n) is 4.91. The number of rotatable bonds is 6. The first-order valence-corrected chi connectivity index (χ1v) is 11.4. The summed E-state index contributed by atoms with van der Waals surface area (Å²) in [5.74, 6) is 0.723. The van der Waals surface area contributed by atoms with E-state index >= 15 is 0 Å². The van der Waals surface area contributed by atoms with Crippen molar-refractivity contribution in [2.75, 3.05) is 31.6 Å². The molecule has 4 rings (SSSR count). The highest BCUT2D eigenvalue weighted by Gasteiger charge is 2.23. The lowest BCUT2D eigenvalue weighted by Gasteiger charge is -2.21. The van der Waals surface area contributed by atoms with Gasteiger partial charge in [-0.05, 0) is 38.1 Å². The monoisotopic (exact) mass is 471 g/mol. The third-order valence-corrected chi connectivity index (χ3v) is 6.36. The van der Waals surface area contributed by atoms with E-state index in [1.54, 1.807) is 37.3 Å². The number of aromatic nitrogens is 1. The van der Waals surface area contributed by atoms with Crippen molar-refractivity contribution >= 4 is 40.4 Å². The minimum Gasteiger partial charge on any atom is -0.486 e. The standard InChI is InChI=1S/C23H22ClN3O4S/c1-3-27(13-20(28)26-17-8-9-18-19(12-17)31-11-10-30-18)23(29)21-14(2)25-22(32-21)15-4-6-16(24)7-5-15/h4-9,12H,3,10-11,13H2,1-2H3,(H,26,28). The predicted octanol–water partition coefficient (Wildman–Crippen LogP) is 4.64. The maximum Gasteiger partial charge on any atom is 0.266 e. The van der Waals surface area contributed by atoms with E-state index in [-0.39, 0.29) is 18.4 Å². The Balaban J connectivity index is 1.45. The number of benzene rings is 2. The first kappa shape index (κ1) is 22.1. The average molecular weight is 472 g/mol. The molecule has 0 aliphatic carbocycles. The fraction of sp³-hybridized carbons (Fsp3) is 0.261. The van der Waals surface area contributed by atoms with Crippen molar-refractivity contribution in [1.82, 2.24) is 9.88 Å². The van der Waals surface area contributed by atoms with Gasteiger partial charge < -0.3 is 19.7 Å². The molecule has 3 aromatic rings. The molecule has 0 atom stereocenters. The second kappa shape index (κ2) is 9.58. The number of fused-ring (bicyclic) bond motifs is 1. The molecule has 1 aliphatic heterocycles.